The maximum Gasteiger partial charge on any atom is 0.253 e. The fourth-order valence-corrected chi connectivity index (χ4v) is 2.79. The van der Waals surface area contributed by atoms with Gasteiger partial charge >= 0.3 is 0 Å². The largest absolute Gasteiger partial charge is 0.349 e. The van der Waals surface area contributed by atoms with Crippen LogP contribution < -0.4 is 10.6 Å². The van der Waals surface area contributed by atoms with Crippen molar-refractivity contribution in [2.24, 2.45) is 0 Å². The predicted molar refractivity (Wildman–Crippen MR) is 88.4 cm³/mol. The summed E-state index contributed by atoms with van der Waals surface area (Å²) in [7, 11) is 0. The monoisotopic (exact) mass is 295 g/mol. The fourth-order valence-electron chi connectivity index (χ4n) is 2.79. The number of pyridine rings is 1. The average Bonchev–Trinajstić information content (AvgIpc) is 3.03. The van der Waals surface area contributed by atoms with E-state index in [1.807, 2.05) is 43.3 Å². The molecule has 0 bridgehead atoms. The Hall–Kier alpha value is -2.36. The minimum atomic E-state index is -0.0261. The Morgan fingerprint density at radius 2 is 1.91 bits per heavy atom. The number of amides is 1. The Bertz CT molecular complexity index is 646. The van der Waals surface area contributed by atoms with Crippen LogP contribution in [0.2, 0.25) is 0 Å². The van der Waals surface area contributed by atoms with E-state index < -0.39 is 0 Å². The molecule has 1 aliphatic carbocycles. The van der Waals surface area contributed by atoms with Crippen LogP contribution in [0, 0.1) is 6.92 Å². The number of nitrogens with zero attached hydrogens (tertiary/aromatic N) is 1. The maximum absolute atomic E-state index is 12.2. The van der Waals surface area contributed by atoms with Crippen molar-refractivity contribution in [3.63, 3.8) is 0 Å². The summed E-state index contributed by atoms with van der Waals surface area (Å²) < 4.78 is 0. The molecule has 22 heavy (non-hydrogen) atoms. The van der Waals surface area contributed by atoms with E-state index in [0.29, 0.717) is 11.6 Å². The molecule has 1 amide bonds. The minimum absolute atomic E-state index is 0.0261. The molecule has 114 valence electrons. The predicted octanol–water partition coefficient (Wildman–Crippen LogP) is 3.81. The highest BCUT2D eigenvalue weighted by Crippen LogP contribution is 2.20. The Morgan fingerprint density at radius 1 is 1.14 bits per heavy atom. The molecule has 1 heterocycles. The molecule has 1 aromatic carbocycles. The van der Waals surface area contributed by atoms with Crippen molar-refractivity contribution >= 4 is 17.4 Å². The lowest BCUT2D eigenvalue weighted by atomic mass is 10.2. The molecule has 2 aromatic rings. The van der Waals surface area contributed by atoms with E-state index in [9.17, 15) is 4.79 Å². The van der Waals surface area contributed by atoms with E-state index in [0.717, 1.165) is 29.9 Å². The number of aryl methyl sites for hydroxylation is 1. The molecular formula is C18H21N3O. The summed E-state index contributed by atoms with van der Waals surface area (Å²) in [5.74, 6) is 0.716. The van der Waals surface area contributed by atoms with Crippen molar-refractivity contribution in [1.82, 2.24) is 10.3 Å². The van der Waals surface area contributed by atoms with Crippen molar-refractivity contribution in [3.8, 4) is 0 Å². The quantitative estimate of drug-likeness (QED) is 0.902. The second kappa shape index (κ2) is 6.60. The molecule has 2 N–H and O–H groups in total. The molecule has 1 aliphatic rings. The number of rotatable bonds is 4. The van der Waals surface area contributed by atoms with Gasteiger partial charge in [-0.05, 0) is 43.5 Å². The zero-order valence-corrected chi connectivity index (χ0v) is 12.8. The van der Waals surface area contributed by atoms with Crippen molar-refractivity contribution in [2.45, 2.75) is 38.6 Å². The SMILES string of the molecule is Cc1ccccc1Nc1ccc(C(=O)NC2CCCC2)cn1. The van der Waals surface area contributed by atoms with Gasteiger partial charge in [0.1, 0.15) is 5.82 Å². The standard InChI is InChI=1S/C18H21N3O/c1-13-6-2-5-9-16(13)21-17-11-10-14(12-19-17)18(22)20-15-7-3-4-8-15/h2,5-6,9-12,15H,3-4,7-8H2,1H3,(H,19,21)(H,20,22). The Kier molecular flexibility index (Phi) is 4.37. The molecule has 0 saturated heterocycles. The number of nitrogens with one attached hydrogen (secondary N) is 2. The van der Waals surface area contributed by atoms with E-state index in [1.165, 1.54) is 12.8 Å². The number of benzene rings is 1. The molecule has 4 nitrogen and oxygen atoms in total. The second-order valence-electron chi connectivity index (χ2n) is 5.83. The van der Waals surface area contributed by atoms with Gasteiger partial charge in [0.05, 0.1) is 5.56 Å². The van der Waals surface area contributed by atoms with E-state index in [2.05, 4.69) is 15.6 Å². The van der Waals surface area contributed by atoms with Crippen LogP contribution in [0.5, 0.6) is 0 Å². The summed E-state index contributed by atoms with van der Waals surface area (Å²) in [5, 5.41) is 6.34. The molecule has 0 spiro atoms. The molecule has 4 heteroatoms. The number of carbonyl (C=O) groups excluding carboxylic acids is 1. The van der Waals surface area contributed by atoms with E-state index >= 15 is 0 Å². The highest BCUT2D eigenvalue weighted by atomic mass is 16.1. The first-order valence-corrected chi connectivity index (χ1v) is 7.82. The second-order valence-corrected chi connectivity index (χ2v) is 5.83. The van der Waals surface area contributed by atoms with Gasteiger partial charge in [0.15, 0.2) is 0 Å². The van der Waals surface area contributed by atoms with Gasteiger partial charge in [-0.1, -0.05) is 31.0 Å². The lowest BCUT2D eigenvalue weighted by Gasteiger charge is -2.12. The third kappa shape index (κ3) is 3.45. The van der Waals surface area contributed by atoms with Gasteiger partial charge in [0.2, 0.25) is 0 Å². The first kappa shape index (κ1) is 14.6. The smallest absolute Gasteiger partial charge is 0.253 e. The number of carbonyl (C=O) groups is 1. The summed E-state index contributed by atoms with van der Waals surface area (Å²) in [4.78, 5) is 16.5. The third-order valence-electron chi connectivity index (χ3n) is 4.12. The highest BCUT2D eigenvalue weighted by Gasteiger charge is 2.18. The number of anilines is 2. The van der Waals surface area contributed by atoms with Crippen LogP contribution in [0.25, 0.3) is 0 Å². The first-order chi connectivity index (χ1) is 10.7. The number of hydrogen-bond acceptors (Lipinski definition) is 3. The van der Waals surface area contributed by atoms with Gasteiger partial charge in [-0.3, -0.25) is 4.79 Å². The molecule has 1 fully saturated rings. The van der Waals surface area contributed by atoms with Crippen LogP contribution in [-0.4, -0.2) is 16.9 Å². The molecule has 3 rings (SSSR count). The average molecular weight is 295 g/mol. The maximum atomic E-state index is 12.2. The number of para-hydroxylation sites is 1. The van der Waals surface area contributed by atoms with E-state index in [-0.39, 0.29) is 5.91 Å². The van der Waals surface area contributed by atoms with Gasteiger partial charge in [-0.25, -0.2) is 4.98 Å². The summed E-state index contributed by atoms with van der Waals surface area (Å²) in [5.41, 5.74) is 2.80. The van der Waals surface area contributed by atoms with Gasteiger partial charge in [0, 0.05) is 17.9 Å². The highest BCUT2D eigenvalue weighted by molar-refractivity contribution is 5.94. The molecule has 0 radical (unpaired) electrons. The van der Waals surface area contributed by atoms with Crippen molar-refractivity contribution in [3.05, 3.63) is 53.7 Å². The zero-order chi connectivity index (χ0) is 15.4. The van der Waals surface area contributed by atoms with Crippen LogP contribution in [0.15, 0.2) is 42.6 Å². The Labute approximate surface area is 131 Å². The van der Waals surface area contributed by atoms with Crippen molar-refractivity contribution in [2.75, 3.05) is 5.32 Å². The van der Waals surface area contributed by atoms with Gasteiger partial charge in [0.25, 0.3) is 5.91 Å². The molecule has 1 aromatic heterocycles. The lowest BCUT2D eigenvalue weighted by molar-refractivity contribution is 0.0937. The van der Waals surface area contributed by atoms with Crippen LogP contribution in [0.1, 0.15) is 41.6 Å². The third-order valence-corrected chi connectivity index (χ3v) is 4.12. The van der Waals surface area contributed by atoms with Crippen LogP contribution in [0.3, 0.4) is 0 Å². The summed E-state index contributed by atoms with van der Waals surface area (Å²) >= 11 is 0. The summed E-state index contributed by atoms with van der Waals surface area (Å²) in [6.07, 6.45) is 6.23. The topological polar surface area (TPSA) is 54.0 Å². The molecule has 0 aliphatic heterocycles. The van der Waals surface area contributed by atoms with Gasteiger partial charge in [-0.2, -0.15) is 0 Å². The molecule has 1 saturated carbocycles. The first-order valence-electron chi connectivity index (χ1n) is 7.82. The normalized spacial score (nSPS) is 14.8. The van der Waals surface area contributed by atoms with Crippen LogP contribution in [-0.2, 0) is 0 Å². The van der Waals surface area contributed by atoms with Gasteiger partial charge < -0.3 is 10.6 Å². The summed E-state index contributed by atoms with van der Waals surface area (Å²) in [6, 6.07) is 12.0. The Balaban J connectivity index is 1.64. The molecule has 0 atom stereocenters. The Morgan fingerprint density at radius 3 is 2.59 bits per heavy atom. The summed E-state index contributed by atoms with van der Waals surface area (Å²) in [6.45, 7) is 2.05. The number of aromatic nitrogens is 1. The molecular weight excluding hydrogens is 274 g/mol. The van der Waals surface area contributed by atoms with Crippen molar-refractivity contribution < 1.29 is 4.79 Å². The van der Waals surface area contributed by atoms with Crippen LogP contribution in [0.4, 0.5) is 11.5 Å². The molecule has 0 unspecified atom stereocenters. The fraction of sp³-hybridized carbons (Fsp3) is 0.333. The van der Waals surface area contributed by atoms with Gasteiger partial charge in [-0.15, -0.1) is 0 Å². The lowest BCUT2D eigenvalue weighted by Crippen LogP contribution is -2.32. The number of hydrogen-bond donors (Lipinski definition) is 2. The zero-order valence-electron chi connectivity index (χ0n) is 12.8. The minimum Gasteiger partial charge on any atom is -0.349 e. The van der Waals surface area contributed by atoms with Crippen molar-refractivity contribution in [1.29, 1.82) is 0 Å². The van der Waals surface area contributed by atoms with Crippen LogP contribution >= 0.6 is 0 Å². The van der Waals surface area contributed by atoms with E-state index in [1.54, 1.807) is 6.20 Å². The van der Waals surface area contributed by atoms with E-state index in [4.69, 9.17) is 0 Å².